The Balaban J connectivity index is 2.60. The van der Waals surface area contributed by atoms with Crippen LogP contribution >= 0.6 is 22.6 Å². The summed E-state index contributed by atoms with van der Waals surface area (Å²) in [5, 5.41) is 2.17. The molecule has 0 aliphatic rings. The molecule has 110 valence electrons. The van der Waals surface area contributed by atoms with Crippen LogP contribution in [0.5, 0.6) is 0 Å². The van der Waals surface area contributed by atoms with Crippen LogP contribution in [0.2, 0.25) is 0 Å². The van der Waals surface area contributed by atoms with Crippen molar-refractivity contribution in [2.75, 3.05) is 5.32 Å². The van der Waals surface area contributed by atoms with E-state index in [4.69, 9.17) is 5.73 Å². The second-order valence-electron chi connectivity index (χ2n) is 4.02. The molecule has 0 aliphatic carbocycles. The molecule has 0 aromatic heterocycles. The maximum atomic E-state index is 13.8. The Hall–Kier alpha value is -1.84. The van der Waals surface area contributed by atoms with Crippen LogP contribution in [0.3, 0.4) is 0 Å². The molecule has 2 aromatic carbocycles. The summed E-state index contributed by atoms with van der Waals surface area (Å²) >= 11 is 1.85. The van der Waals surface area contributed by atoms with Crippen LogP contribution < -0.4 is 11.1 Å². The van der Waals surface area contributed by atoms with E-state index >= 15 is 0 Å². The van der Waals surface area contributed by atoms with E-state index in [0.717, 1.165) is 6.07 Å². The van der Waals surface area contributed by atoms with Crippen LogP contribution in [0.4, 0.5) is 28.9 Å². The normalized spacial score (nSPS) is 10.5. The smallest absolute Gasteiger partial charge is 0.253 e. The van der Waals surface area contributed by atoms with Crippen LogP contribution in [0, 0.1) is 26.8 Å². The molecule has 0 saturated carbocycles. The van der Waals surface area contributed by atoms with Crippen molar-refractivity contribution in [3.05, 3.63) is 56.7 Å². The predicted octanol–water partition coefficient (Wildman–Crippen LogP) is 3.69. The number of halogens is 5. The van der Waals surface area contributed by atoms with Gasteiger partial charge in [0, 0.05) is 9.64 Å². The van der Waals surface area contributed by atoms with Gasteiger partial charge in [0.05, 0.1) is 11.4 Å². The molecule has 0 unspecified atom stereocenters. The van der Waals surface area contributed by atoms with Crippen LogP contribution in [-0.2, 0) is 0 Å². The standard InChI is InChI=1S/C13H7F4IN2O/c14-6-3-5(18)1-2-9(6)20-12-10(13(19)21)7(15)4-8(16)11(12)17/h1-4,20H,(H2,19,21). The lowest BCUT2D eigenvalue weighted by molar-refractivity contribution is 0.0997. The zero-order chi connectivity index (χ0) is 15.7. The average Bonchev–Trinajstić information content (AvgIpc) is 2.38. The van der Waals surface area contributed by atoms with Gasteiger partial charge in [0.1, 0.15) is 17.2 Å². The molecule has 3 N–H and O–H groups in total. The topological polar surface area (TPSA) is 55.1 Å². The van der Waals surface area contributed by atoms with E-state index < -0.39 is 40.4 Å². The molecule has 2 aromatic rings. The predicted molar refractivity (Wildman–Crippen MR) is 77.2 cm³/mol. The molecule has 2 rings (SSSR count). The fourth-order valence-electron chi connectivity index (χ4n) is 1.68. The quantitative estimate of drug-likeness (QED) is 0.461. The van der Waals surface area contributed by atoms with Gasteiger partial charge in [-0.1, -0.05) is 0 Å². The third kappa shape index (κ3) is 3.09. The van der Waals surface area contributed by atoms with Gasteiger partial charge in [0.2, 0.25) is 0 Å². The Labute approximate surface area is 130 Å². The average molecular weight is 410 g/mol. The molecular formula is C13H7F4IN2O. The molecular weight excluding hydrogens is 403 g/mol. The van der Waals surface area contributed by atoms with Gasteiger partial charge in [-0.3, -0.25) is 4.79 Å². The zero-order valence-corrected chi connectivity index (χ0v) is 12.3. The number of nitrogens with two attached hydrogens (primary N) is 1. The first-order valence-electron chi connectivity index (χ1n) is 5.50. The highest BCUT2D eigenvalue weighted by Gasteiger charge is 2.23. The number of nitrogens with one attached hydrogen (secondary N) is 1. The largest absolute Gasteiger partial charge is 0.365 e. The van der Waals surface area contributed by atoms with Crippen molar-refractivity contribution >= 4 is 39.9 Å². The number of anilines is 2. The van der Waals surface area contributed by atoms with Crippen LogP contribution in [-0.4, -0.2) is 5.91 Å². The summed E-state index contributed by atoms with van der Waals surface area (Å²) in [7, 11) is 0. The zero-order valence-electron chi connectivity index (χ0n) is 10.2. The minimum Gasteiger partial charge on any atom is -0.365 e. The number of hydrogen-bond acceptors (Lipinski definition) is 2. The van der Waals surface area contributed by atoms with Crippen molar-refractivity contribution < 1.29 is 22.4 Å². The van der Waals surface area contributed by atoms with E-state index in [9.17, 15) is 22.4 Å². The summed E-state index contributed by atoms with van der Waals surface area (Å²) in [5.74, 6) is -6.47. The van der Waals surface area contributed by atoms with E-state index in [2.05, 4.69) is 5.32 Å². The molecule has 0 atom stereocenters. The van der Waals surface area contributed by atoms with E-state index in [1.807, 2.05) is 22.6 Å². The highest BCUT2D eigenvalue weighted by Crippen LogP contribution is 2.30. The summed E-state index contributed by atoms with van der Waals surface area (Å²) < 4.78 is 54.9. The van der Waals surface area contributed by atoms with Gasteiger partial charge in [-0.15, -0.1) is 0 Å². The molecule has 8 heteroatoms. The summed E-state index contributed by atoms with van der Waals surface area (Å²) in [6.07, 6.45) is 0. The fourth-order valence-corrected chi connectivity index (χ4v) is 2.13. The maximum Gasteiger partial charge on any atom is 0.253 e. The van der Waals surface area contributed by atoms with Crippen molar-refractivity contribution in [1.29, 1.82) is 0 Å². The van der Waals surface area contributed by atoms with Gasteiger partial charge in [-0.2, -0.15) is 0 Å². The van der Waals surface area contributed by atoms with Crippen molar-refractivity contribution in [2.45, 2.75) is 0 Å². The molecule has 0 saturated heterocycles. The molecule has 0 spiro atoms. The van der Waals surface area contributed by atoms with E-state index in [1.54, 1.807) is 0 Å². The number of rotatable bonds is 3. The minimum absolute atomic E-state index is 0.199. The fraction of sp³-hybridized carbons (Fsp3) is 0. The molecule has 0 bridgehead atoms. The number of carbonyl (C=O) groups is 1. The van der Waals surface area contributed by atoms with Gasteiger partial charge >= 0.3 is 0 Å². The Kier molecular flexibility index (Phi) is 4.35. The van der Waals surface area contributed by atoms with Gasteiger partial charge in [0.25, 0.3) is 5.91 Å². The number of carbonyl (C=O) groups excluding carboxylic acids is 1. The summed E-state index contributed by atoms with van der Waals surface area (Å²) in [5.41, 5.74) is 2.97. The Morgan fingerprint density at radius 3 is 2.29 bits per heavy atom. The first-order valence-corrected chi connectivity index (χ1v) is 6.58. The molecule has 21 heavy (non-hydrogen) atoms. The first kappa shape index (κ1) is 15.5. The van der Waals surface area contributed by atoms with E-state index in [1.165, 1.54) is 12.1 Å². The number of amides is 1. The second-order valence-corrected chi connectivity index (χ2v) is 5.26. The number of hydrogen-bond donors (Lipinski definition) is 2. The minimum atomic E-state index is -1.52. The molecule has 0 radical (unpaired) electrons. The lowest BCUT2D eigenvalue weighted by Gasteiger charge is -2.13. The Bertz CT molecular complexity index is 737. The van der Waals surface area contributed by atoms with E-state index in [0.29, 0.717) is 3.57 Å². The molecule has 0 aliphatic heterocycles. The van der Waals surface area contributed by atoms with E-state index in [-0.39, 0.29) is 11.8 Å². The molecule has 0 fully saturated rings. The number of benzene rings is 2. The monoisotopic (exact) mass is 410 g/mol. The SMILES string of the molecule is NC(=O)c1c(F)cc(F)c(F)c1Nc1ccc(I)cc1F. The van der Waals surface area contributed by atoms with Crippen molar-refractivity contribution in [2.24, 2.45) is 5.73 Å². The lowest BCUT2D eigenvalue weighted by Crippen LogP contribution is -2.17. The Morgan fingerprint density at radius 1 is 1.05 bits per heavy atom. The third-order valence-electron chi connectivity index (χ3n) is 2.61. The van der Waals surface area contributed by atoms with Crippen LogP contribution in [0.25, 0.3) is 0 Å². The Morgan fingerprint density at radius 2 is 1.71 bits per heavy atom. The molecule has 3 nitrogen and oxygen atoms in total. The number of primary amides is 1. The van der Waals surface area contributed by atoms with Crippen molar-refractivity contribution in [3.63, 3.8) is 0 Å². The van der Waals surface area contributed by atoms with Crippen molar-refractivity contribution in [1.82, 2.24) is 0 Å². The second kappa shape index (κ2) is 5.88. The van der Waals surface area contributed by atoms with Crippen LogP contribution in [0.1, 0.15) is 10.4 Å². The van der Waals surface area contributed by atoms with Gasteiger partial charge in [0.15, 0.2) is 11.6 Å². The molecule has 0 heterocycles. The maximum absolute atomic E-state index is 13.8. The van der Waals surface area contributed by atoms with Crippen LogP contribution in [0.15, 0.2) is 24.3 Å². The van der Waals surface area contributed by atoms with Gasteiger partial charge in [-0.05, 0) is 40.8 Å². The molecule has 1 amide bonds. The lowest BCUT2D eigenvalue weighted by atomic mass is 10.1. The van der Waals surface area contributed by atoms with Gasteiger partial charge in [-0.25, -0.2) is 17.6 Å². The summed E-state index contributed by atoms with van der Waals surface area (Å²) in [6.45, 7) is 0. The van der Waals surface area contributed by atoms with Crippen molar-refractivity contribution in [3.8, 4) is 0 Å². The van der Waals surface area contributed by atoms with Gasteiger partial charge < -0.3 is 11.1 Å². The third-order valence-corrected chi connectivity index (χ3v) is 3.28. The summed E-state index contributed by atoms with van der Waals surface area (Å²) in [6, 6.07) is 4.05. The highest BCUT2D eigenvalue weighted by atomic mass is 127. The highest BCUT2D eigenvalue weighted by molar-refractivity contribution is 14.1. The first-order chi connectivity index (χ1) is 9.81. The summed E-state index contributed by atoms with van der Waals surface area (Å²) in [4.78, 5) is 11.2.